The third kappa shape index (κ3) is 3.52. The summed E-state index contributed by atoms with van der Waals surface area (Å²) in [5, 5.41) is 9.24. The van der Waals surface area contributed by atoms with Gasteiger partial charge in [-0.3, -0.25) is 0 Å². The summed E-state index contributed by atoms with van der Waals surface area (Å²) in [7, 11) is -3.24. The molecule has 0 spiro atoms. The first-order valence-corrected chi connectivity index (χ1v) is 9.77. The maximum absolute atomic E-state index is 13.4. The summed E-state index contributed by atoms with van der Waals surface area (Å²) in [5.41, 5.74) is 1.03. The second-order valence-corrected chi connectivity index (χ2v) is 8.65. The average molecular weight is 333 g/mol. The molecule has 1 heterocycles. The maximum atomic E-state index is 13.4. The Bertz CT molecular complexity index is 604. The second kappa shape index (κ2) is 6.54. The fourth-order valence-corrected chi connectivity index (χ4v) is 5.45. The van der Waals surface area contributed by atoms with Crippen LogP contribution in [-0.4, -0.2) is 42.7 Å². The number of hydrogen-bond acceptors (Lipinski definition) is 5. The van der Waals surface area contributed by atoms with Gasteiger partial charge in [0.25, 0.3) is 0 Å². The van der Waals surface area contributed by atoms with Crippen LogP contribution in [-0.2, 0) is 9.84 Å². The lowest BCUT2D eigenvalue weighted by Crippen LogP contribution is -2.48. The Kier molecular flexibility index (Phi) is 5.16. The fraction of sp³-hybridized carbons (Fsp3) is 0.571. The zero-order valence-corrected chi connectivity index (χ0v) is 13.8. The lowest BCUT2D eigenvalue weighted by Gasteiger charge is -2.38. The van der Waals surface area contributed by atoms with Gasteiger partial charge in [-0.25, -0.2) is 12.8 Å². The van der Waals surface area contributed by atoms with Gasteiger partial charge >= 0.3 is 0 Å². The van der Waals surface area contributed by atoms with Crippen molar-refractivity contribution in [2.75, 3.05) is 28.7 Å². The second-order valence-electron chi connectivity index (χ2n) is 5.05. The minimum atomic E-state index is -3.24. The molecule has 1 N–H and O–H groups in total. The number of nitrogens with zero attached hydrogens (tertiary/aromatic N) is 1. The monoisotopic (exact) mass is 333 g/mol. The van der Waals surface area contributed by atoms with Crippen molar-refractivity contribution in [1.82, 2.24) is 0 Å². The number of rotatable bonds is 4. The molecule has 1 aliphatic heterocycles. The molecule has 1 aliphatic rings. The number of aliphatic hydroxyl groups is 1. The Balaban J connectivity index is 2.47. The SMILES string of the molecule is CCS(=O)(=O)C1CSCCN1c1ccc(F)cc1[C@@H](C)O. The fourth-order valence-electron chi connectivity index (χ4n) is 2.47. The molecule has 1 aromatic carbocycles. The standard InChI is InChI=1S/C14H20FNO3S2/c1-3-21(18,19)14-9-20-7-6-16(14)13-5-4-11(15)8-12(13)10(2)17/h4-5,8,10,14,17H,3,6-7,9H2,1-2H3/t10-,14?/m1/s1. The number of aliphatic hydroxyl groups excluding tert-OH is 1. The number of hydrogen-bond donors (Lipinski definition) is 1. The normalized spacial score (nSPS) is 21.3. The van der Waals surface area contributed by atoms with Gasteiger partial charge in [0, 0.05) is 35.1 Å². The lowest BCUT2D eigenvalue weighted by atomic mass is 10.1. The predicted octanol–water partition coefficient (Wildman–Crippen LogP) is 2.19. The molecule has 0 saturated carbocycles. The summed E-state index contributed by atoms with van der Waals surface area (Å²) in [5.74, 6) is 0.940. The highest BCUT2D eigenvalue weighted by atomic mass is 32.2. The van der Waals surface area contributed by atoms with Crippen molar-refractivity contribution in [3.05, 3.63) is 29.6 Å². The molecule has 4 nitrogen and oxygen atoms in total. The molecule has 1 unspecified atom stereocenters. The van der Waals surface area contributed by atoms with E-state index in [1.165, 1.54) is 12.1 Å². The van der Waals surface area contributed by atoms with E-state index in [0.29, 0.717) is 23.5 Å². The zero-order chi connectivity index (χ0) is 15.6. The summed E-state index contributed by atoms with van der Waals surface area (Å²) in [6.45, 7) is 3.76. The molecule has 0 bridgehead atoms. The van der Waals surface area contributed by atoms with Crippen LogP contribution in [0.1, 0.15) is 25.5 Å². The Labute approximate surface area is 129 Å². The van der Waals surface area contributed by atoms with Crippen LogP contribution in [0.4, 0.5) is 10.1 Å². The molecule has 21 heavy (non-hydrogen) atoms. The van der Waals surface area contributed by atoms with Gasteiger partial charge in [-0.05, 0) is 25.1 Å². The Hall–Kier alpha value is -0.790. The van der Waals surface area contributed by atoms with Crippen molar-refractivity contribution in [3.63, 3.8) is 0 Å². The van der Waals surface area contributed by atoms with Crippen LogP contribution in [0.2, 0.25) is 0 Å². The van der Waals surface area contributed by atoms with Crippen molar-refractivity contribution in [2.45, 2.75) is 25.3 Å². The van der Waals surface area contributed by atoms with Crippen LogP contribution in [0.3, 0.4) is 0 Å². The summed E-state index contributed by atoms with van der Waals surface area (Å²) >= 11 is 1.60. The summed E-state index contributed by atoms with van der Waals surface area (Å²) < 4.78 is 38.0. The minimum absolute atomic E-state index is 0.0694. The topological polar surface area (TPSA) is 57.6 Å². The summed E-state index contributed by atoms with van der Waals surface area (Å²) in [4.78, 5) is 1.79. The smallest absolute Gasteiger partial charge is 0.171 e. The van der Waals surface area contributed by atoms with Crippen molar-refractivity contribution < 1.29 is 17.9 Å². The zero-order valence-electron chi connectivity index (χ0n) is 12.1. The molecule has 7 heteroatoms. The van der Waals surface area contributed by atoms with E-state index in [9.17, 15) is 17.9 Å². The van der Waals surface area contributed by atoms with Gasteiger partial charge in [0.15, 0.2) is 9.84 Å². The third-order valence-corrected chi connectivity index (χ3v) is 6.94. The highest BCUT2D eigenvalue weighted by molar-refractivity contribution is 8.01. The van der Waals surface area contributed by atoms with Gasteiger partial charge in [0.1, 0.15) is 11.2 Å². The highest BCUT2D eigenvalue weighted by Crippen LogP contribution is 2.33. The maximum Gasteiger partial charge on any atom is 0.171 e. The Morgan fingerprint density at radius 3 is 2.86 bits per heavy atom. The van der Waals surface area contributed by atoms with Crippen molar-refractivity contribution in [2.24, 2.45) is 0 Å². The third-order valence-electron chi connectivity index (χ3n) is 3.65. The molecule has 0 aromatic heterocycles. The number of sulfone groups is 1. The molecule has 0 amide bonds. The van der Waals surface area contributed by atoms with Gasteiger partial charge < -0.3 is 10.0 Å². The van der Waals surface area contributed by atoms with E-state index >= 15 is 0 Å². The summed E-state index contributed by atoms with van der Waals surface area (Å²) in [6, 6.07) is 4.14. The van der Waals surface area contributed by atoms with Crippen LogP contribution in [0, 0.1) is 5.82 Å². The molecule has 2 rings (SSSR count). The first-order chi connectivity index (χ1) is 9.86. The number of halogens is 1. The highest BCUT2D eigenvalue weighted by Gasteiger charge is 2.34. The van der Waals surface area contributed by atoms with E-state index in [2.05, 4.69) is 0 Å². The molecule has 1 fully saturated rings. The summed E-state index contributed by atoms with van der Waals surface area (Å²) in [6.07, 6.45) is -0.852. The van der Waals surface area contributed by atoms with Gasteiger partial charge in [-0.1, -0.05) is 6.92 Å². The Morgan fingerprint density at radius 2 is 2.24 bits per heavy atom. The molecular formula is C14H20FNO3S2. The van der Waals surface area contributed by atoms with Crippen LogP contribution in [0.25, 0.3) is 0 Å². The lowest BCUT2D eigenvalue weighted by molar-refractivity contribution is 0.199. The molecule has 0 aliphatic carbocycles. The van der Waals surface area contributed by atoms with Gasteiger partial charge in [0.2, 0.25) is 0 Å². The van der Waals surface area contributed by atoms with E-state index < -0.39 is 27.1 Å². The van der Waals surface area contributed by atoms with Gasteiger partial charge in [-0.2, -0.15) is 11.8 Å². The first-order valence-electron chi connectivity index (χ1n) is 6.90. The Morgan fingerprint density at radius 1 is 1.52 bits per heavy atom. The molecule has 2 atom stereocenters. The predicted molar refractivity (Wildman–Crippen MR) is 85.0 cm³/mol. The molecule has 0 radical (unpaired) electrons. The van der Waals surface area contributed by atoms with E-state index in [1.54, 1.807) is 36.6 Å². The van der Waals surface area contributed by atoms with Crippen LogP contribution in [0.15, 0.2) is 18.2 Å². The van der Waals surface area contributed by atoms with Gasteiger partial charge in [0.05, 0.1) is 6.10 Å². The van der Waals surface area contributed by atoms with Crippen molar-refractivity contribution >= 4 is 27.3 Å². The van der Waals surface area contributed by atoms with E-state index in [0.717, 1.165) is 5.75 Å². The largest absolute Gasteiger partial charge is 0.389 e. The van der Waals surface area contributed by atoms with Crippen molar-refractivity contribution in [3.8, 4) is 0 Å². The van der Waals surface area contributed by atoms with Crippen molar-refractivity contribution in [1.29, 1.82) is 0 Å². The van der Waals surface area contributed by atoms with Crippen LogP contribution >= 0.6 is 11.8 Å². The van der Waals surface area contributed by atoms with Crippen LogP contribution < -0.4 is 4.90 Å². The molecule has 1 saturated heterocycles. The quantitative estimate of drug-likeness (QED) is 0.915. The first kappa shape index (κ1) is 16.6. The molecule has 1 aromatic rings. The number of anilines is 1. The van der Waals surface area contributed by atoms with E-state index in [4.69, 9.17) is 0 Å². The van der Waals surface area contributed by atoms with E-state index in [-0.39, 0.29) is 5.75 Å². The average Bonchev–Trinajstić information content (AvgIpc) is 2.47. The minimum Gasteiger partial charge on any atom is -0.389 e. The molecule has 118 valence electrons. The number of thioether (sulfide) groups is 1. The van der Waals surface area contributed by atoms with E-state index in [1.807, 2.05) is 0 Å². The van der Waals surface area contributed by atoms with Gasteiger partial charge in [-0.15, -0.1) is 0 Å². The number of benzene rings is 1. The van der Waals surface area contributed by atoms with Crippen LogP contribution in [0.5, 0.6) is 0 Å². The molecular weight excluding hydrogens is 313 g/mol.